The molecule has 0 spiro atoms. The van der Waals surface area contributed by atoms with Gasteiger partial charge < -0.3 is 4.57 Å². The summed E-state index contributed by atoms with van der Waals surface area (Å²) in [7, 11) is 0. The molecule has 0 unspecified atom stereocenters. The van der Waals surface area contributed by atoms with E-state index in [4.69, 9.17) is 0 Å². The van der Waals surface area contributed by atoms with Crippen LogP contribution in [-0.4, -0.2) is 4.57 Å². The molecular weight excluding hydrogens is 382 g/mol. The predicted molar refractivity (Wildman–Crippen MR) is 113 cm³/mol. The van der Waals surface area contributed by atoms with Gasteiger partial charge in [0.1, 0.15) is 0 Å². The molecule has 0 radical (unpaired) electrons. The maximum Gasteiger partial charge on any atom is 0.0519 e. The summed E-state index contributed by atoms with van der Waals surface area (Å²) in [5.74, 6) is 0. The highest BCUT2D eigenvalue weighted by atomic mass is 79.9. The smallest absolute Gasteiger partial charge is 0.0519 e. The Labute approximate surface area is 163 Å². The quantitative estimate of drug-likeness (QED) is 0.348. The van der Waals surface area contributed by atoms with Crippen LogP contribution in [0.15, 0.2) is 95.6 Å². The summed E-state index contributed by atoms with van der Waals surface area (Å²) >= 11 is 3.53. The lowest BCUT2D eigenvalue weighted by atomic mass is 10.0. The van der Waals surface area contributed by atoms with E-state index in [9.17, 15) is 0 Å². The van der Waals surface area contributed by atoms with E-state index in [1.807, 2.05) is 0 Å². The first kappa shape index (κ1) is 16.9. The highest BCUT2D eigenvalue weighted by molar-refractivity contribution is 9.10. The van der Waals surface area contributed by atoms with Crippen LogP contribution in [0.4, 0.5) is 0 Å². The van der Waals surface area contributed by atoms with Gasteiger partial charge in [-0.1, -0.05) is 88.7 Å². The van der Waals surface area contributed by atoms with Crippen molar-refractivity contribution in [3.8, 4) is 22.4 Å². The van der Waals surface area contributed by atoms with Crippen molar-refractivity contribution in [2.24, 2.45) is 0 Å². The minimum atomic E-state index is 0.864. The summed E-state index contributed by atoms with van der Waals surface area (Å²) < 4.78 is 3.48. The second kappa shape index (κ2) is 7.35. The Hall–Kier alpha value is -2.58. The zero-order valence-corrected chi connectivity index (χ0v) is 16.3. The van der Waals surface area contributed by atoms with Gasteiger partial charge in [-0.2, -0.15) is 0 Å². The van der Waals surface area contributed by atoms with Crippen molar-refractivity contribution in [1.29, 1.82) is 0 Å². The third-order valence-electron chi connectivity index (χ3n) is 4.73. The first-order valence-corrected chi connectivity index (χ1v) is 9.56. The summed E-state index contributed by atoms with van der Waals surface area (Å²) in [4.78, 5) is 0. The largest absolute Gasteiger partial charge is 0.342 e. The van der Waals surface area contributed by atoms with Crippen LogP contribution in [0.5, 0.6) is 0 Å². The summed E-state index contributed by atoms with van der Waals surface area (Å²) in [5, 5.41) is 0. The van der Waals surface area contributed by atoms with Crippen molar-refractivity contribution in [3.63, 3.8) is 0 Å². The Kier molecular flexibility index (Phi) is 4.77. The SMILES string of the molecule is Cc1c(-c2ccc(Br)cc2)cn(Cc2ccccc2)c1-c1ccccc1. The number of aromatic nitrogens is 1. The predicted octanol–water partition coefficient (Wildman–Crippen LogP) is 6.94. The molecule has 1 heterocycles. The summed E-state index contributed by atoms with van der Waals surface area (Å²) in [6, 6.07) is 29.8. The van der Waals surface area contributed by atoms with Gasteiger partial charge in [0.05, 0.1) is 5.69 Å². The van der Waals surface area contributed by atoms with Crippen LogP contribution < -0.4 is 0 Å². The average molecular weight is 402 g/mol. The van der Waals surface area contributed by atoms with Gasteiger partial charge in [-0.15, -0.1) is 0 Å². The fourth-order valence-electron chi connectivity index (χ4n) is 3.46. The zero-order chi connectivity index (χ0) is 17.9. The molecule has 3 aromatic carbocycles. The van der Waals surface area contributed by atoms with Crippen molar-refractivity contribution >= 4 is 15.9 Å². The molecule has 4 aromatic rings. The number of hydrogen-bond acceptors (Lipinski definition) is 0. The van der Waals surface area contributed by atoms with Crippen LogP contribution >= 0.6 is 15.9 Å². The van der Waals surface area contributed by atoms with E-state index in [1.165, 1.54) is 33.5 Å². The van der Waals surface area contributed by atoms with Crippen molar-refractivity contribution in [2.45, 2.75) is 13.5 Å². The molecule has 0 atom stereocenters. The van der Waals surface area contributed by atoms with Gasteiger partial charge in [-0.25, -0.2) is 0 Å². The molecule has 0 saturated carbocycles. The molecule has 0 aliphatic rings. The molecule has 0 amide bonds. The molecule has 0 N–H and O–H groups in total. The molecular formula is C24H20BrN. The molecule has 0 fully saturated rings. The van der Waals surface area contributed by atoms with E-state index < -0.39 is 0 Å². The van der Waals surface area contributed by atoms with E-state index in [0.29, 0.717) is 0 Å². The number of nitrogens with zero attached hydrogens (tertiary/aromatic N) is 1. The maximum absolute atomic E-state index is 3.53. The Morgan fingerprint density at radius 1 is 0.731 bits per heavy atom. The van der Waals surface area contributed by atoms with Crippen LogP contribution in [-0.2, 0) is 6.54 Å². The molecule has 2 heteroatoms. The first-order valence-electron chi connectivity index (χ1n) is 8.77. The van der Waals surface area contributed by atoms with Gasteiger partial charge in [-0.05, 0) is 41.3 Å². The zero-order valence-electron chi connectivity index (χ0n) is 14.7. The molecule has 0 aliphatic carbocycles. The summed E-state index contributed by atoms with van der Waals surface area (Å²) in [6.07, 6.45) is 2.29. The Bertz CT molecular complexity index is 1000. The van der Waals surface area contributed by atoms with Crippen molar-refractivity contribution in [1.82, 2.24) is 4.57 Å². The summed E-state index contributed by atoms with van der Waals surface area (Å²) in [6.45, 7) is 3.09. The van der Waals surface area contributed by atoms with E-state index in [1.54, 1.807) is 0 Å². The minimum Gasteiger partial charge on any atom is -0.342 e. The Morgan fingerprint density at radius 3 is 2.00 bits per heavy atom. The Morgan fingerprint density at radius 2 is 1.35 bits per heavy atom. The van der Waals surface area contributed by atoms with Crippen molar-refractivity contribution in [2.75, 3.05) is 0 Å². The van der Waals surface area contributed by atoms with E-state index in [-0.39, 0.29) is 0 Å². The van der Waals surface area contributed by atoms with Gasteiger partial charge in [0.25, 0.3) is 0 Å². The molecule has 26 heavy (non-hydrogen) atoms. The normalized spacial score (nSPS) is 10.8. The molecule has 1 aromatic heterocycles. The van der Waals surface area contributed by atoms with Gasteiger partial charge in [-0.3, -0.25) is 0 Å². The minimum absolute atomic E-state index is 0.864. The van der Waals surface area contributed by atoms with Crippen molar-refractivity contribution < 1.29 is 0 Å². The topological polar surface area (TPSA) is 4.93 Å². The van der Waals surface area contributed by atoms with Crippen LogP contribution in [0, 0.1) is 6.92 Å². The van der Waals surface area contributed by atoms with Crippen LogP contribution in [0.2, 0.25) is 0 Å². The molecule has 0 aliphatic heterocycles. The van der Waals surface area contributed by atoms with Crippen LogP contribution in [0.1, 0.15) is 11.1 Å². The lowest BCUT2D eigenvalue weighted by molar-refractivity contribution is 0.813. The van der Waals surface area contributed by atoms with Gasteiger partial charge in [0, 0.05) is 22.8 Å². The number of halogens is 1. The summed E-state index contributed by atoms with van der Waals surface area (Å²) in [5.41, 5.74) is 7.69. The highest BCUT2D eigenvalue weighted by Crippen LogP contribution is 2.35. The molecule has 0 saturated heterocycles. The van der Waals surface area contributed by atoms with Crippen molar-refractivity contribution in [3.05, 3.63) is 107 Å². The molecule has 1 nitrogen and oxygen atoms in total. The third-order valence-corrected chi connectivity index (χ3v) is 5.26. The van der Waals surface area contributed by atoms with Gasteiger partial charge >= 0.3 is 0 Å². The molecule has 0 bridgehead atoms. The van der Waals surface area contributed by atoms with E-state index in [0.717, 1.165) is 11.0 Å². The fourth-order valence-corrected chi connectivity index (χ4v) is 3.73. The van der Waals surface area contributed by atoms with Gasteiger partial charge in [0.2, 0.25) is 0 Å². The average Bonchev–Trinajstić information content (AvgIpc) is 3.00. The highest BCUT2D eigenvalue weighted by Gasteiger charge is 2.15. The molecule has 4 rings (SSSR count). The first-order chi connectivity index (χ1) is 12.7. The Balaban J connectivity index is 1.86. The lowest BCUT2D eigenvalue weighted by Crippen LogP contribution is -2.00. The second-order valence-corrected chi connectivity index (χ2v) is 7.42. The number of rotatable bonds is 4. The van der Waals surface area contributed by atoms with Crippen LogP contribution in [0.25, 0.3) is 22.4 Å². The second-order valence-electron chi connectivity index (χ2n) is 6.50. The monoisotopic (exact) mass is 401 g/mol. The van der Waals surface area contributed by atoms with Crippen LogP contribution in [0.3, 0.4) is 0 Å². The number of benzene rings is 3. The lowest BCUT2D eigenvalue weighted by Gasteiger charge is -2.11. The standard InChI is InChI=1S/C24H20BrN/c1-18-23(20-12-14-22(25)15-13-20)17-26(16-19-8-4-2-5-9-19)24(18)21-10-6-3-7-11-21/h2-15,17H,16H2,1H3. The van der Waals surface area contributed by atoms with Gasteiger partial charge in [0.15, 0.2) is 0 Å². The number of hydrogen-bond donors (Lipinski definition) is 0. The maximum atomic E-state index is 3.53. The van der Waals surface area contributed by atoms with E-state index >= 15 is 0 Å². The third kappa shape index (κ3) is 3.38. The van der Waals surface area contributed by atoms with E-state index in [2.05, 4.69) is 119 Å². The fraction of sp³-hybridized carbons (Fsp3) is 0.0833. The molecule has 128 valence electrons.